The van der Waals surface area contributed by atoms with Gasteiger partial charge in [0.15, 0.2) is 0 Å². The average molecular weight is 264 g/mol. The zero-order chi connectivity index (χ0) is 13.7. The highest BCUT2D eigenvalue weighted by molar-refractivity contribution is 5.43. The molecule has 2 heterocycles. The van der Waals surface area contributed by atoms with E-state index in [-0.39, 0.29) is 6.61 Å². The van der Waals surface area contributed by atoms with Gasteiger partial charge in [-0.25, -0.2) is 4.98 Å². The lowest BCUT2D eigenvalue weighted by molar-refractivity contribution is 0.0891. The minimum absolute atomic E-state index is 0.0772. The molecule has 1 saturated heterocycles. The van der Waals surface area contributed by atoms with Crippen LogP contribution in [-0.2, 0) is 17.8 Å². The van der Waals surface area contributed by atoms with Gasteiger partial charge >= 0.3 is 0 Å². The monoisotopic (exact) mass is 264 g/mol. The van der Waals surface area contributed by atoms with E-state index in [1.165, 1.54) is 0 Å². The summed E-state index contributed by atoms with van der Waals surface area (Å²) < 4.78 is 5.46. The molecule has 0 radical (unpaired) electrons. The molecule has 1 aromatic heterocycles. The molecule has 1 aliphatic rings. The van der Waals surface area contributed by atoms with Crippen LogP contribution < -0.4 is 4.90 Å². The average Bonchev–Trinajstić information content (AvgIpc) is 2.47. The number of rotatable bonds is 5. The SMILES string of the molecule is CCCc1cc(CO)cc(N2CCCC(OC)C2)n1. The summed E-state index contributed by atoms with van der Waals surface area (Å²) in [5, 5.41) is 9.38. The van der Waals surface area contributed by atoms with Crippen molar-refractivity contribution >= 4 is 5.82 Å². The van der Waals surface area contributed by atoms with Gasteiger partial charge in [-0.2, -0.15) is 0 Å². The molecule has 1 atom stereocenters. The van der Waals surface area contributed by atoms with Crippen LogP contribution in [0.2, 0.25) is 0 Å². The van der Waals surface area contributed by atoms with Crippen LogP contribution in [0.3, 0.4) is 0 Å². The minimum Gasteiger partial charge on any atom is -0.392 e. The summed E-state index contributed by atoms with van der Waals surface area (Å²) in [6, 6.07) is 4.00. The molecule has 0 aliphatic carbocycles. The van der Waals surface area contributed by atoms with Crippen molar-refractivity contribution in [3.8, 4) is 0 Å². The Morgan fingerprint density at radius 1 is 1.47 bits per heavy atom. The third kappa shape index (κ3) is 3.67. The smallest absolute Gasteiger partial charge is 0.129 e. The molecular weight excluding hydrogens is 240 g/mol. The molecule has 1 N–H and O–H groups in total. The maximum atomic E-state index is 9.38. The fourth-order valence-electron chi connectivity index (χ4n) is 2.61. The van der Waals surface area contributed by atoms with Crippen molar-refractivity contribution in [3.05, 3.63) is 23.4 Å². The maximum Gasteiger partial charge on any atom is 0.129 e. The van der Waals surface area contributed by atoms with Gasteiger partial charge in [-0.05, 0) is 37.0 Å². The standard InChI is InChI=1S/C15H24N2O2/c1-3-5-13-8-12(11-18)9-15(16-13)17-7-4-6-14(10-17)19-2/h8-9,14,18H,3-7,10-11H2,1-2H3. The molecule has 0 bridgehead atoms. The molecule has 1 fully saturated rings. The zero-order valence-corrected chi connectivity index (χ0v) is 11.9. The van der Waals surface area contributed by atoms with Crippen molar-refractivity contribution in [2.45, 2.75) is 45.3 Å². The second-order valence-electron chi connectivity index (χ2n) is 5.18. The number of aryl methyl sites for hydroxylation is 1. The molecule has 1 unspecified atom stereocenters. The number of anilines is 1. The molecule has 1 aliphatic heterocycles. The Bertz CT molecular complexity index is 409. The van der Waals surface area contributed by atoms with Crippen LogP contribution in [0.15, 0.2) is 12.1 Å². The van der Waals surface area contributed by atoms with Crippen LogP contribution in [0, 0.1) is 0 Å². The number of ether oxygens (including phenoxy) is 1. The number of pyridine rings is 1. The van der Waals surface area contributed by atoms with Crippen LogP contribution in [-0.4, -0.2) is 36.4 Å². The van der Waals surface area contributed by atoms with E-state index < -0.39 is 0 Å². The molecule has 4 heteroatoms. The minimum atomic E-state index is 0.0772. The Labute approximate surface area is 115 Å². The van der Waals surface area contributed by atoms with Gasteiger partial charge in [-0.3, -0.25) is 0 Å². The normalized spacial score (nSPS) is 19.7. The lowest BCUT2D eigenvalue weighted by Crippen LogP contribution is -2.39. The van der Waals surface area contributed by atoms with E-state index in [0.29, 0.717) is 6.10 Å². The van der Waals surface area contributed by atoms with E-state index in [1.807, 2.05) is 12.1 Å². The predicted octanol–water partition coefficient (Wildman–Crippen LogP) is 2.14. The summed E-state index contributed by atoms with van der Waals surface area (Å²) in [5.41, 5.74) is 2.02. The maximum absolute atomic E-state index is 9.38. The Kier molecular flexibility index (Phi) is 5.16. The van der Waals surface area contributed by atoms with Gasteiger partial charge in [0.05, 0.1) is 12.7 Å². The van der Waals surface area contributed by atoms with Crippen molar-refractivity contribution in [2.24, 2.45) is 0 Å². The Morgan fingerprint density at radius 3 is 3.00 bits per heavy atom. The topological polar surface area (TPSA) is 45.6 Å². The molecule has 4 nitrogen and oxygen atoms in total. The van der Waals surface area contributed by atoms with Crippen LogP contribution >= 0.6 is 0 Å². The van der Waals surface area contributed by atoms with Crippen LogP contribution in [0.1, 0.15) is 37.4 Å². The quantitative estimate of drug-likeness (QED) is 0.885. The van der Waals surface area contributed by atoms with Crippen LogP contribution in [0.25, 0.3) is 0 Å². The van der Waals surface area contributed by atoms with Gasteiger partial charge in [0.2, 0.25) is 0 Å². The van der Waals surface area contributed by atoms with Gasteiger partial charge in [-0.15, -0.1) is 0 Å². The lowest BCUT2D eigenvalue weighted by atomic mass is 10.1. The van der Waals surface area contributed by atoms with Crippen LogP contribution in [0.4, 0.5) is 5.82 Å². The van der Waals surface area contributed by atoms with Crippen molar-refractivity contribution in [2.75, 3.05) is 25.1 Å². The first kappa shape index (κ1) is 14.3. The number of methoxy groups -OCH3 is 1. The van der Waals surface area contributed by atoms with Gasteiger partial charge in [-0.1, -0.05) is 13.3 Å². The number of hydrogen-bond donors (Lipinski definition) is 1. The van der Waals surface area contributed by atoms with Crippen molar-refractivity contribution in [1.29, 1.82) is 0 Å². The molecule has 19 heavy (non-hydrogen) atoms. The predicted molar refractivity (Wildman–Crippen MR) is 76.4 cm³/mol. The number of aliphatic hydroxyl groups excluding tert-OH is 1. The van der Waals surface area contributed by atoms with E-state index in [1.54, 1.807) is 7.11 Å². The summed E-state index contributed by atoms with van der Waals surface area (Å²) in [6.07, 6.45) is 4.58. The summed E-state index contributed by atoms with van der Waals surface area (Å²) in [7, 11) is 1.77. The first-order chi connectivity index (χ1) is 9.26. The molecular formula is C15H24N2O2. The second kappa shape index (κ2) is 6.87. The largest absolute Gasteiger partial charge is 0.392 e. The number of piperidine rings is 1. The Balaban J connectivity index is 2.19. The van der Waals surface area contributed by atoms with E-state index >= 15 is 0 Å². The highest BCUT2D eigenvalue weighted by atomic mass is 16.5. The van der Waals surface area contributed by atoms with Gasteiger partial charge < -0.3 is 14.7 Å². The molecule has 0 amide bonds. The second-order valence-corrected chi connectivity index (χ2v) is 5.18. The molecule has 1 aromatic rings. The molecule has 2 rings (SSSR count). The first-order valence-electron chi connectivity index (χ1n) is 7.15. The first-order valence-corrected chi connectivity index (χ1v) is 7.15. The molecule has 0 saturated carbocycles. The fourth-order valence-corrected chi connectivity index (χ4v) is 2.61. The molecule has 106 valence electrons. The Hall–Kier alpha value is -1.13. The van der Waals surface area contributed by atoms with Gasteiger partial charge in [0.25, 0.3) is 0 Å². The number of aliphatic hydroxyl groups is 1. The molecule has 0 spiro atoms. The number of aromatic nitrogens is 1. The molecule has 0 aromatic carbocycles. The summed E-state index contributed by atoms with van der Waals surface area (Å²) in [6.45, 7) is 4.14. The Morgan fingerprint density at radius 2 is 2.32 bits per heavy atom. The summed E-state index contributed by atoms with van der Waals surface area (Å²) in [4.78, 5) is 7.00. The lowest BCUT2D eigenvalue weighted by Gasteiger charge is -2.33. The summed E-state index contributed by atoms with van der Waals surface area (Å²) >= 11 is 0. The van der Waals surface area contributed by atoms with E-state index in [2.05, 4.69) is 11.8 Å². The third-order valence-corrected chi connectivity index (χ3v) is 3.65. The van der Waals surface area contributed by atoms with E-state index in [4.69, 9.17) is 9.72 Å². The number of nitrogens with zero attached hydrogens (tertiary/aromatic N) is 2. The van der Waals surface area contributed by atoms with Gasteiger partial charge in [0.1, 0.15) is 5.82 Å². The van der Waals surface area contributed by atoms with E-state index in [9.17, 15) is 5.11 Å². The van der Waals surface area contributed by atoms with Crippen molar-refractivity contribution in [1.82, 2.24) is 4.98 Å². The third-order valence-electron chi connectivity index (χ3n) is 3.65. The zero-order valence-electron chi connectivity index (χ0n) is 11.9. The van der Waals surface area contributed by atoms with Crippen molar-refractivity contribution < 1.29 is 9.84 Å². The highest BCUT2D eigenvalue weighted by Crippen LogP contribution is 2.21. The fraction of sp³-hybridized carbons (Fsp3) is 0.667. The van der Waals surface area contributed by atoms with E-state index in [0.717, 1.165) is 55.8 Å². The number of hydrogen-bond acceptors (Lipinski definition) is 4. The van der Waals surface area contributed by atoms with Crippen molar-refractivity contribution in [3.63, 3.8) is 0 Å². The van der Waals surface area contributed by atoms with Gasteiger partial charge in [0, 0.05) is 25.9 Å². The summed E-state index contributed by atoms with van der Waals surface area (Å²) in [5.74, 6) is 0.983. The highest BCUT2D eigenvalue weighted by Gasteiger charge is 2.21. The van der Waals surface area contributed by atoms with Crippen LogP contribution in [0.5, 0.6) is 0 Å².